The van der Waals surface area contributed by atoms with Crippen molar-refractivity contribution in [3.05, 3.63) is 63.5 Å². The summed E-state index contributed by atoms with van der Waals surface area (Å²) >= 11 is 0. The molecule has 8 heteroatoms. The van der Waals surface area contributed by atoms with E-state index in [0.717, 1.165) is 13.1 Å². The summed E-state index contributed by atoms with van der Waals surface area (Å²) in [5, 5.41) is 0.442. The first-order valence-corrected chi connectivity index (χ1v) is 11.4. The lowest BCUT2D eigenvalue weighted by molar-refractivity contribution is 0.0707. The second-order valence-corrected chi connectivity index (χ2v) is 8.06. The zero-order chi connectivity index (χ0) is 24.4. The first kappa shape index (κ1) is 23.6. The van der Waals surface area contributed by atoms with Gasteiger partial charge in [-0.1, -0.05) is 26.0 Å². The molecular formula is C26H30N2O6. The third-order valence-electron chi connectivity index (χ3n) is 6.43. The SMILES string of the molecule is CCN(CC)CCN1C(=O)c2oc3ccccc3c(=O)c2C1c1cc(OC)c(OC)c(OC)c1. The van der Waals surface area contributed by atoms with E-state index in [-0.39, 0.29) is 17.1 Å². The van der Waals surface area contributed by atoms with Crippen LogP contribution in [0.5, 0.6) is 17.2 Å². The number of rotatable bonds is 9. The van der Waals surface area contributed by atoms with E-state index in [9.17, 15) is 9.59 Å². The Balaban J connectivity index is 1.93. The number of methoxy groups -OCH3 is 3. The molecule has 1 aliphatic rings. The summed E-state index contributed by atoms with van der Waals surface area (Å²) in [6.45, 7) is 6.99. The largest absolute Gasteiger partial charge is 0.493 e. The standard InChI is InChI=1S/C26H30N2O6/c1-6-27(7-2)12-13-28-22(16-14-19(31-3)24(33-5)20(15-16)32-4)21-23(29)17-10-8-9-11-18(17)34-25(21)26(28)30/h8-11,14-15,22H,6-7,12-13H2,1-5H3. The number of ether oxygens (including phenoxy) is 3. The molecule has 2 heterocycles. The molecule has 0 N–H and O–H groups in total. The second-order valence-electron chi connectivity index (χ2n) is 8.06. The van der Waals surface area contributed by atoms with Gasteiger partial charge < -0.3 is 28.4 Å². The first-order valence-electron chi connectivity index (χ1n) is 11.4. The van der Waals surface area contributed by atoms with Crippen molar-refractivity contribution in [3.63, 3.8) is 0 Å². The first-order chi connectivity index (χ1) is 16.5. The van der Waals surface area contributed by atoms with Crippen LogP contribution in [0.15, 0.2) is 45.6 Å². The number of para-hydroxylation sites is 1. The van der Waals surface area contributed by atoms with Crippen molar-refractivity contribution in [3.8, 4) is 17.2 Å². The lowest BCUT2D eigenvalue weighted by atomic mass is 9.97. The molecule has 34 heavy (non-hydrogen) atoms. The van der Waals surface area contributed by atoms with Gasteiger partial charge in [0.25, 0.3) is 5.91 Å². The molecule has 0 aliphatic carbocycles. The summed E-state index contributed by atoms with van der Waals surface area (Å²) < 4.78 is 22.6. The minimum atomic E-state index is -0.646. The number of amides is 1. The molecule has 1 aliphatic heterocycles. The van der Waals surface area contributed by atoms with Crippen molar-refractivity contribution in [2.24, 2.45) is 0 Å². The Labute approximate surface area is 198 Å². The smallest absolute Gasteiger partial charge is 0.290 e. The van der Waals surface area contributed by atoms with E-state index in [0.29, 0.717) is 52.4 Å². The van der Waals surface area contributed by atoms with Crippen LogP contribution in [-0.4, -0.2) is 63.2 Å². The van der Waals surface area contributed by atoms with Crippen molar-refractivity contribution >= 4 is 16.9 Å². The molecule has 4 rings (SSSR count). The number of fused-ring (bicyclic) bond motifs is 2. The molecule has 1 amide bonds. The van der Waals surface area contributed by atoms with Crippen LogP contribution in [0.4, 0.5) is 0 Å². The topological polar surface area (TPSA) is 81.5 Å². The Morgan fingerprint density at radius 2 is 1.62 bits per heavy atom. The van der Waals surface area contributed by atoms with Gasteiger partial charge in [-0.05, 0) is 42.9 Å². The van der Waals surface area contributed by atoms with E-state index in [1.165, 1.54) is 21.3 Å². The van der Waals surface area contributed by atoms with Crippen LogP contribution >= 0.6 is 0 Å². The molecule has 1 unspecified atom stereocenters. The van der Waals surface area contributed by atoms with Gasteiger partial charge in [0.2, 0.25) is 11.5 Å². The van der Waals surface area contributed by atoms with Gasteiger partial charge in [-0.3, -0.25) is 9.59 Å². The third kappa shape index (κ3) is 3.88. The van der Waals surface area contributed by atoms with Crippen LogP contribution < -0.4 is 19.6 Å². The molecule has 3 aromatic rings. The van der Waals surface area contributed by atoms with Gasteiger partial charge in [-0.15, -0.1) is 0 Å². The fourth-order valence-electron chi connectivity index (χ4n) is 4.59. The molecule has 8 nitrogen and oxygen atoms in total. The van der Waals surface area contributed by atoms with E-state index >= 15 is 0 Å². The van der Waals surface area contributed by atoms with Crippen molar-refractivity contribution in [2.45, 2.75) is 19.9 Å². The number of nitrogens with zero attached hydrogens (tertiary/aromatic N) is 2. The molecule has 0 saturated heterocycles. The van der Waals surface area contributed by atoms with Crippen LogP contribution in [0, 0.1) is 0 Å². The lowest BCUT2D eigenvalue weighted by Gasteiger charge is -2.28. The summed E-state index contributed by atoms with van der Waals surface area (Å²) in [5.41, 5.74) is 1.20. The minimum Gasteiger partial charge on any atom is -0.493 e. The number of hydrogen-bond acceptors (Lipinski definition) is 7. The number of carbonyl (C=O) groups excluding carboxylic acids is 1. The molecule has 0 fully saturated rings. The Morgan fingerprint density at radius 1 is 0.971 bits per heavy atom. The van der Waals surface area contributed by atoms with Crippen LogP contribution in [-0.2, 0) is 0 Å². The molecule has 1 atom stereocenters. The molecule has 2 aromatic carbocycles. The van der Waals surface area contributed by atoms with E-state index in [1.54, 1.807) is 41.3 Å². The van der Waals surface area contributed by atoms with Crippen LogP contribution in [0.2, 0.25) is 0 Å². The maximum absolute atomic E-state index is 13.6. The zero-order valence-electron chi connectivity index (χ0n) is 20.2. The Hall–Kier alpha value is -3.52. The summed E-state index contributed by atoms with van der Waals surface area (Å²) in [7, 11) is 4.61. The Morgan fingerprint density at radius 3 is 2.21 bits per heavy atom. The fourth-order valence-corrected chi connectivity index (χ4v) is 4.59. The maximum atomic E-state index is 13.6. The normalized spacial score (nSPS) is 15.2. The van der Waals surface area contributed by atoms with E-state index < -0.39 is 6.04 Å². The highest BCUT2D eigenvalue weighted by Crippen LogP contribution is 2.44. The highest BCUT2D eigenvalue weighted by atomic mass is 16.5. The average Bonchev–Trinajstić information content (AvgIpc) is 3.15. The van der Waals surface area contributed by atoms with Gasteiger partial charge in [0.15, 0.2) is 16.9 Å². The van der Waals surface area contributed by atoms with Gasteiger partial charge in [0.05, 0.1) is 38.3 Å². The number of carbonyl (C=O) groups is 1. The van der Waals surface area contributed by atoms with Gasteiger partial charge >= 0.3 is 0 Å². The number of benzene rings is 2. The molecule has 0 spiro atoms. The molecule has 1 aromatic heterocycles. The van der Waals surface area contributed by atoms with Crippen molar-refractivity contribution in [1.29, 1.82) is 0 Å². The van der Waals surface area contributed by atoms with E-state index in [4.69, 9.17) is 18.6 Å². The minimum absolute atomic E-state index is 0.0852. The predicted octanol–water partition coefficient (Wildman–Crippen LogP) is 3.71. The van der Waals surface area contributed by atoms with Gasteiger partial charge in [-0.2, -0.15) is 0 Å². The third-order valence-corrected chi connectivity index (χ3v) is 6.43. The van der Waals surface area contributed by atoms with E-state index in [1.807, 2.05) is 0 Å². The van der Waals surface area contributed by atoms with Crippen LogP contribution in [0.3, 0.4) is 0 Å². The molecule has 0 bridgehead atoms. The fraction of sp³-hybridized carbons (Fsp3) is 0.385. The predicted molar refractivity (Wildman–Crippen MR) is 129 cm³/mol. The zero-order valence-corrected chi connectivity index (χ0v) is 20.2. The summed E-state index contributed by atoms with van der Waals surface area (Å²) in [6.07, 6.45) is 0. The monoisotopic (exact) mass is 466 g/mol. The van der Waals surface area contributed by atoms with Crippen molar-refractivity contribution in [2.75, 3.05) is 47.5 Å². The summed E-state index contributed by atoms with van der Waals surface area (Å²) in [5.74, 6) is 1.13. The van der Waals surface area contributed by atoms with Crippen LogP contribution in [0.25, 0.3) is 11.0 Å². The van der Waals surface area contributed by atoms with Gasteiger partial charge in [0, 0.05) is 13.1 Å². The Bertz CT molecular complexity index is 1240. The van der Waals surface area contributed by atoms with Crippen molar-refractivity contribution < 1.29 is 23.4 Å². The highest BCUT2D eigenvalue weighted by Gasteiger charge is 2.43. The van der Waals surface area contributed by atoms with Crippen molar-refractivity contribution in [1.82, 2.24) is 9.80 Å². The lowest BCUT2D eigenvalue weighted by Crippen LogP contribution is -2.37. The average molecular weight is 467 g/mol. The summed E-state index contributed by atoms with van der Waals surface area (Å²) in [4.78, 5) is 31.2. The quantitative estimate of drug-likeness (QED) is 0.476. The second kappa shape index (κ2) is 9.77. The van der Waals surface area contributed by atoms with Gasteiger partial charge in [0.1, 0.15) is 5.58 Å². The highest BCUT2D eigenvalue weighted by molar-refractivity contribution is 5.99. The molecular weight excluding hydrogens is 436 g/mol. The summed E-state index contributed by atoms with van der Waals surface area (Å²) in [6, 6.07) is 9.92. The van der Waals surface area contributed by atoms with E-state index in [2.05, 4.69) is 18.7 Å². The Kier molecular flexibility index (Phi) is 6.79. The molecule has 0 saturated carbocycles. The maximum Gasteiger partial charge on any atom is 0.290 e. The number of hydrogen-bond donors (Lipinski definition) is 0. The molecule has 0 radical (unpaired) electrons. The molecule has 180 valence electrons. The number of likely N-dealkylation sites (N-methyl/N-ethyl adjacent to an activating group) is 1. The van der Waals surface area contributed by atoms with Gasteiger partial charge in [-0.25, -0.2) is 0 Å². The van der Waals surface area contributed by atoms with Crippen LogP contribution in [0.1, 0.15) is 41.6 Å².